The highest BCUT2D eigenvalue weighted by molar-refractivity contribution is 5.82. The molecule has 0 aliphatic carbocycles. The minimum atomic E-state index is -1.23. The lowest BCUT2D eigenvalue weighted by atomic mass is 9.98. The Morgan fingerprint density at radius 1 is 1.55 bits per heavy atom. The molecular weight excluding hydrogens is 269 g/mol. The maximum atomic E-state index is 13.7. The summed E-state index contributed by atoms with van der Waals surface area (Å²) < 4.78 is 23.6. The first kappa shape index (κ1) is 14.3. The minimum absolute atomic E-state index is 0.0475. The number of methoxy groups -OCH3 is 1. The molecule has 2 atom stereocenters. The number of hydrogen-bond acceptors (Lipinski definition) is 4. The molecule has 0 spiro atoms. The maximum Gasteiger partial charge on any atom is 0.335 e. The third-order valence-corrected chi connectivity index (χ3v) is 3.24. The van der Waals surface area contributed by atoms with Crippen LogP contribution in [-0.2, 0) is 14.3 Å². The fraction of sp³-hybridized carbons (Fsp3) is 0.385. The van der Waals surface area contributed by atoms with Crippen LogP contribution in [0.5, 0.6) is 5.75 Å². The molecule has 2 unspecified atom stereocenters. The van der Waals surface area contributed by atoms with Crippen molar-refractivity contribution in [1.29, 1.82) is 0 Å². The standard InChI is InChI=1S/C13H14FNO5/c1-15-10(16)6-20-12(13(17)18)11(15)7-3-4-9(19-2)8(14)5-7/h3-5,11-12H,6H2,1-2H3,(H,17,18). The number of benzene rings is 1. The number of halogens is 1. The molecule has 1 amide bonds. The van der Waals surface area contributed by atoms with Gasteiger partial charge in [0, 0.05) is 7.05 Å². The van der Waals surface area contributed by atoms with Crippen molar-refractivity contribution in [2.24, 2.45) is 0 Å². The van der Waals surface area contributed by atoms with Crippen LogP contribution in [0.2, 0.25) is 0 Å². The normalized spacial score (nSPS) is 22.8. The number of carboxylic acid groups (broad SMARTS) is 1. The summed E-state index contributed by atoms with van der Waals surface area (Å²) in [6.07, 6.45) is -1.23. The average molecular weight is 283 g/mol. The lowest BCUT2D eigenvalue weighted by Gasteiger charge is -2.37. The molecule has 1 N–H and O–H groups in total. The molecule has 20 heavy (non-hydrogen) atoms. The number of carbonyl (C=O) groups excluding carboxylic acids is 1. The first-order chi connectivity index (χ1) is 9.45. The monoisotopic (exact) mass is 283 g/mol. The number of carbonyl (C=O) groups is 2. The van der Waals surface area contributed by atoms with Gasteiger partial charge in [-0.25, -0.2) is 9.18 Å². The summed E-state index contributed by atoms with van der Waals surface area (Å²) >= 11 is 0. The summed E-state index contributed by atoms with van der Waals surface area (Å²) in [5, 5.41) is 9.16. The largest absolute Gasteiger partial charge is 0.494 e. The molecular formula is C13H14FNO5. The molecule has 1 aliphatic rings. The Balaban J connectivity index is 2.42. The molecule has 0 radical (unpaired) electrons. The Kier molecular flexibility index (Phi) is 3.89. The predicted octanol–water partition coefficient (Wildman–Crippen LogP) is 0.817. The summed E-state index contributed by atoms with van der Waals surface area (Å²) in [4.78, 5) is 24.1. The molecule has 0 bridgehead atoms. The number of morpholine rings is 1. The Morgan fingerprint density at radius 2 is 2.25 bits per heavy atom. The quantitative estimate of drug-likeness (QED) is 0.888. The van der Waals surface area contributed by atoms with Crippen molar-refractivity contribution < 1.29 is 28.6 Å². The summed E-state index contributed by atoms with van der Waals surface area (Å²) in [7, 11) is 2.80. The van der Waals surface area contributed by atoms with Gasteiger partial charge in [-0.2, -0.15) is 0 Å². The zero-order valence-corrected chi connectivity index (χ0v) is 11.0. The molecule has 7 heteroatoms. The number of likely N-dealkylation sites (N-methyl/N-ethyl adjacent to an activating group) is 1. The van der Waals surface area contributed by atoms with Crippen molar-refractivity contribution in [1.82, 2.24) is 4.90 Å². The van der Waals surface area contributed by atoms with E-state index in [0.717, 1.165) is 6.07 Å². The van der Waals surface area contributed by atoms with Gasteiger partial charge >= 0.3 is 5.97 Å². The van der Waals surface area contributed by atoms with E-state index in [1.165, 1.54) is 31.2 Å². The van der Waals surface area contributed by atoms with Crippen LogP contribution in [0.15, 0.2) is 18.2 Å². The van der Waals surface area contributed by atoms with Gasteiger partial charge in [-0.05, 0) is 17.7 Å². The smallest absolute Gasteiger partial charge is 0.335 e. The van der Waals surface area contributed by atoms with Gasteiger partial charge in [-0.1, -0.05) is 6.07 Å². The van der Waals surface area contributed by atoms with Gasteiger partial charge in [-0.15, -0.1) is 0 Å². The van der Waals surface area contributed by atoms with E-state index < -0.39 is 23.9 Å². The first-order valence-corrected chi connectivity index (χ1v) is 5.89. The molecule has 1 heterocycles. The molecule has 6 nitrogen and oxygen atoms in total. The predicted molar refractivity (Wildman–Crippen MR) is 65.8 cm³/mol. The Morgan fingerprint density at radius 3 is 2.80 bits per heavy atom. The van der Waals surface area contributed by atoms with E-state index in [1.807, 2.05) is 0 Å². The third-order valence-electron chi connectivity index (χ3n) is 3.24. The molecule has 0 aromatic heterocycles. The van der Waals surface area contributed by atoms with Crippen molar-refractivity contribution in [3.8, 4) is 5.75 Å². The molecule has 1 aromatic carbocycles. The van der Waals surface area contributed by atoms with Crippen molar-refractivity contribution >= 4 is 11.9 Å². The summed E-state index contributed by atoms with van der Waals surface area (Å²) in [6.45, 7) is -0.303. The van der Waals surface area contributed by atoms with Gasteiger partial charge in [-0.3, -0.25) is 4.79 Å². The van der Waals surface area contributed by atoms with Gasteiger partial charge in [0.25, 0.3) is 0 Å². The summed E-state index contributed by atoms with van der Waals surface area (Å²) in [5.74, 6) is -2.14. The second-order valence-electron chi connectivity index (χ2n) is 4.41. The number of carboxylic acids is 1. The molecule has 108 valence electrons. The molecule has 1 aliphatic heterocycles. The fourth-order valence-electron chi connectivity index (χ4n) is 2.18. The van der Waals surface area contributed by atoms with Gasteiger partial charge < -0.3 is 19.5 Å². The highest BCUT2D eigenvalue weighted by Crippen LogP contribution is 2.31. The van der Waals surface area contributed by atoms with Gasteiger partial charge in [0.2, 0.25) is 5.91 Å². The van der Waals surface area contributed by atoms with Gasteiger partial charge in [0.05, 0.1) is 13.2 Å². The number of amides is 1. The van der Waals surface area contributed by atoms with Crippen LogP contribution in [0, 0.1) is 5.82 Å². The first-order valence-electron chi connectivity index (χ1n) is 5.89. The van der Waals surface area contributed by atoms with Crippen molar-refractivity contribution in [3.63, 3.8) is 0 Å². The van der Waals surface area contributed by atoms with Crippen LogP contribution >= 0.6 is 0 Å². The van der Waals surface area contributed by atoms with E-state index in [-0.39, 0.29) is 18.3 Å². The highest BCUT2D eigenvalue weighted by Gasteiger charge is 2.40. The van der Waals surface area contributed by atoms with E-state index in [1.54, 1.807) is 0 Å². The lowest BCUT2D eigenvalue weighted by Crippen LogP contribution is -2.50. The third kappa shape index (κ3) is 2.44. The van der Waals surface area contributed by atoms with Crippen molar-refractivity contribution in [2.75, 3.05) is 20.8 Å². The Labute approximate surface area is 114 Å². The number of rotatable bonds is 3. The van der Waals surface area contributed by atoms with Crippen LogP contribution < -0.4 is 4.74 Å². The van der Waals surface area contributed by atoms with E-state index in [2.05, 4.69) is 0 Å². The number of aliphatic carboxylic acids is 1. The second kappa shape index (κ2) is 5.46. The molecule has 1 aromatic rings. The zero-order chi connectivity index (χ0) is 14.9. The van der Waals surface area contributed by atoms with Crippen LogP contribution in [-0.4, -0.2) is 48.8 Å². The number of nitrogens with zero attached hydrogens (tertiary/aromatic N) is 1. The molecule has 0 saturated carbocycles. The van der Waals surface area contributed by atoms with Gasteiger partial charge in [0.15, 0.2) is 17.7 Å². The van der Waals surface area contributed by atoms with E-state index in [9.17, 15) is 14.0 Å². The Bertz CT molecular complexity index is 548. The molecule has 1 saturated heterocycles. The lowest BCUT2D eigenvalue weighted by molar-refractivity contribution is -0.171. The van der Waals surface area contributed by atoms with Gasteiger partial charge in [0.1, 0.15) is 6.61 Å². The highest BCUT2D eigenvalue weighted by atomic mass is 19.1. The minimum Gasteiger partial charge on any atom is -0.494 e. The molecule has 1 fully saturated rings. The topological polar surface area (TPSA) is 76.1 Å². The van der Waals surface area contributed by atoms with E-state index >= 15 is 0 Å². The average Bonchev–Trinajstić information content (AvgIpc) is 2.41. The summed E-state index contributed by atoms with van der Waals surface area (Å²) in [5.41, 5.74) is 0.339. The van der Waals surface area contributed by atoms with Crippen LogP contribution in [0.25, 0.3) is 0 Å². The maximum absolute atomic E-state index is 13.7. The second-order valence-corrected chi connectivity index (χ2v) is 4.41. The molecule has 2 rings (SSSR count). The van der Waals surface area contributed by atoms with E-state index in [4.69, 9.17) is 14.6 Å². The van der Waals surface area contributed by atoms with Crippen LogP contribution in [0.1, 0.15) is 11.6 Å². The number of ether oxygens (including phenoxy) is 2. The van der Waals surface area contributed by atoms with Crippen molar-refractivity contribution in [3.05, 3.63) is 29.6 Å². The fourth-order valence-corrected chi connectivity index (χ4v) is 2.18. The zero-order valence-electron chi connectivity index (χ0n) is 11.0. The number of hydrogen-bond donors (Lipinski definition) is 1. The van der Waals surface area contributed by atoms with Crippen molar-refractivity contribution in [2.45, 2.75) is 12.1 Å². The summed E-state index contributed by atoms with van der Waals surface area (Å²) in [6, 6.07) is 3.17. The Hall–Kier alpha value is -2.15. The SMILES string of the molecule is COc1ccc(C2C(C(=O)O)OCC(=O)N2C)cc1F. The van der Waals surface area contributed by atoms with Crippen LogP contribution in [0.4, 0.5) is 4.39 Å². The van der Waals surface area contributed by atoms with Crippen LogP contribution in [0.3, 0.4) is 0 Å². The van der Waals surface area contributed by atoms with E-state index in [0.29, 0.717) is 5.56 Å².